The maximum atomic E-state index is 12.5. The van der Waals surface area contributed by atoms with E-state index >= 15 is 0 Å². The first-order valence-electron chi connectivity index (χ1n) is 10.1. The van der Waals surface area contributed by atoms with Crippen LogP contribution in [0, 0.1) is 0 Å². The predicted molar refractivity (Wildman–Crippen MR) is 121 cm³/mol. The molecular formula is C23H24N2O6S. The van der Waals surface area contributed by atoms with Crippen molar-refractivity contribution in [2.75, 3.05) is 26.3 Å². The molecule has 1 aliphatic heterocycles. The van der Waals surface area contributed by atoms with E-state index in [0.29, 0.717) is 4.91 Å². The average Bonchev–Trinajstić information content (AvgIpc) is 3.05. The van der Waals surface area contributed by atoms with Gasteiger partial charge in [0.05, 0.1) is 24.7 Å². The molecule has 1 fully saturated rings. The molecule has 1 aliphatic rings. The van der Waals surface area contributed by atoms with Gasteiger partial charge in [-0.3, -0.25) is 19.3 Å². The SMILES string of the molecule is CCc1ccc(/C=C2\SC(=O)N(CCOCCNC(=O)c3ccc(O)c(O)c3)C2=O)cc1. The summed E-state index contributed by atoms with van der Waals surface area (Å²) < 4.78 is 5.42. The van der Waals surface area contributed by atoms with E-state index in [-0.39, 0.29) is 54.5 Å². The Kier molecular flexibility index (Phi) is 7.91. The van der Waals surface area contributed by atoms with Gasteiger partial charge in [0.2, 0.25) is 0 Å². The molecule has 0 aliphatic carbocycles. The lowest BCUT2D eigenvalue weighted by Crippen LogP contribution is -2.33. The van der Waals surface area contributed by atoms with Gasteiger partial charge in [-0.2, -0.15) is 0 Å². The number of aryl methyl sites for hydroxylation is 1. The smallest absolute Gasteiger partial charge is 0.293 e. The second kappa shape index (κ2) is 10.8. The minimum Gasteiger partial charge on any atom is -0.504 e. The molecule has 2 aromatic carbocycles. The molecule has 0 bridgehead atoms. The summed E-state index contributed by atoms with van der Waals surface area (Å²) >= 11 is 0.906. The first kappa shape index (κ1) is 23.4. The molecule has 3 amide bonds. The van der Waals surface area contributed by atoms with Crippen molar-refractivity contribution in [3.05, 3.63) is 64.1 Å². The number of phenolic OH excluding ortho intramolecular Hbond substituents is 2. The topological polar surface area (TPSA) is 116 Å². The molecule has 9 heteroatoms. The van der Waals surface area contributed by atoms with Gasteiger partial charge in [-0.1, -0.05) is 31.2 Å². The number of hydrogen-bond donors (Lipinski definition) is 3. The van der Waals surface area contributed by atoms with Crippen molar-refractivity contribution in [1.82, 2.24) is 10.2 Å². The van der Waals surface area contributed by atoms with Crippen LogP contribution in [0.3, 0.4) is 0 Å². The van der Waals surface area contributed by atoms with E-state index in [2.05, 4.69) is 12.2 Å². The Morgan fingerprint density at radius 1 is 1.09 bits per heavy atom. The van der Waals surface area contributed by atoms with Crippen LogP contribution in [-0.4, -0.2) is 58.5 Å². The quantitative estimate of drug-likeness (QED) is 0.302. The molecule has 0 unspecified atom stereocenters. The van der Waals surface area contributed by atoms with E-state index in [1.54, 1.807) is 6.08 Å². The van der Waals surface area contributed by atoms with Crippen LogP contribution >= 0.6 is 11.8 Å². The number of benzene rings is 2. The minimum atomic E-state index is -0.424. The maximum absolute atomic E-state index is 12.5. The Morgan fingerprint density at radius 3 is 2.53 bits per heavy atom. The molecule has 1 heterocycles. The number of carbonyl (C=O) groups is 3. The van der Waals surface area contributed by atoms with Crippen LogP contribution in [0.2, 0.25) is 0 Å². The molecular weight excluding hydrogens is 432 g/mol. The fourth-order valence-electron chi connectivity index (χ4n) is 2.96. The van der Waals surface area contributed by atoms with Crippen molar-refractivity contribution in [2.24, 2.45) is 0 Å². The number of nitrogens with zero attached hydrogens (tertiary/aromatic N) is 1. The van der Waals surface area contributed by atoms with Crippen molar-refractivity contribution < 1.29 is 29.3 Å². The first-order valence-corrected chi connectivity index (χ1v) is 10.9. The first-order chi connectivity index (χ1) is 15.4. The number of phenols is 2. The van der Waals surface area contributed by atoms with Crippen molar-refractivity contribution in [3.8, 4) is 11.5 Å². The average molecular weight is 457 g/mol. The number of aromatic hydroxyl groups is 2. The van der Waals surface area contributed by atoms with Crippen LogP contribution in [0.1, 0.15) is 28.4 Å². The van der Waals surface area contributed by atoms with Gasteiger partial charge < -0.3 is 20.3 Å². The molecule has 32 heavy (non-hydrogen) atoms. The van der Waals surface area contributed by atoms with E-state index in [1.807, 2.05) is 24.3 Å². The number of nitrogens with one attached hydrogen (secondary N) is 1. The van der Waals surface area contributed by atoms with Crippen molar-refractivity contribution in [1.29, 1.82) is 0 Å². The van der Waals surface area contributed by atoms with Gasteiger partial charge in [-0.15, -0.1) is 0 Å². The summed E-state index contributed by atoms with van der Waals surface area (Å²) in [6.07, 6.45) is 2.64. The Labute approximate surface area is 189 Å². The zero-order chi connectivity index (χ0) is 23.1. The molecule has 1 saturated heterocycles. The molecule has 0 radical (unpaired) electrons. The van der Waals surface area contributed by atoms with Gasteiger partial charge in [0.25, 0.3) is 17.1 Å². The van der Waals surface area contributed by atoms with Crippen LogP contribution < -0.4 is 5.32 Å². The number of imide groups is 1. The van der Waals surface area contributed by atoms with Crippen LogP contribution in [-0.2, 0) is 16.0 Å². The highest BCUT2D eigenvalue weighted by molar-refractivity contribution is 8.18. The third kappa shape index (κ3) is 5.89. The number of ether oxygens (including phenoxy) is 1. The minimum absolute atomic E-state index is 0.122. The van der Waals surface area contributed by atoms with Gasteiger partial charge in [0.15, 0.2) is 11.5 Å². The zero-order valence-corrected chi connectivity index (χ0v) is 18.4. The van der Waals surface area contributed by atoms with Crippen LogP contribution in [0.15, 0.2) is 47.4 Å². The number of carbonyl (C=O) groups excluding carboxylic acids is 3. The highest BCUT2D eigenvalue weighted by atomic mass is 32.2. The number of amides is 3. The summed E-state index contributed by atoms with van der Waals surface area (Å²) in [5, 5.41) is 21.0. The van der Waals surface area contributed by atoms with E-state index in [9.17, 15) is 24.6 Å². The summed E-state index contributed by atoms with van der Waals surface area (Å²) in [6, 6.07) is 11.6. The summed E-state index contributed by atoms with van der Waals surface area (Å²) in [4.78, 5) is 38.2. The Morgan fingerprint density at radius 2 is 1.84 bits per heavy atom. The number of hydrogen-bond acceptors (Lipinski definition) is 7. The van der Waals surface area contributed by atoms with Crippen LogP contribution in [0.25, 0.3) is 6.08 Å². The molecule has 0 spiro atoms. The standard InChI is InChI=1S/C23H24N2O6S/c1-2-15-3-5-16(6-4-15)13-20-22(29)25(23(30)32-20)10-12-31-11-9-24-21(28)17-7-8-18(26)19(27)14-17/h3-8,13-14,26-27H,2,9-12H2,1H3,(H,24,28)/b20-13-. The summed E-state index contributed by atoms with van der Waals surface area (Å²) in [5.74, 6) is -1.45. The van der Waals surface area contributed by atoms with Gasteiger partial charge in [-0.25, -0.2) is 0 Å². The van der Waals surface area contributed by atoms with E-state index in [4.69, 9.17) is 4.74 Å². The van der Waals surface area contributed by atoms with E-state index < -0.39 is 5.91 Å². The van der Waals surface area contributed by atoms with Gasteiger partial charge in [-0.05, 0) is 53.6 Å². The molecule has 0 saturated carbocycles. The van der Waals surface area contributed by atoms with Crippen LogP contribution in [0.4, 0.5) is 4.79 Å². The van der Waals surface area contributed by atoms with Crippen LogP contribution in [0.5, 0.6) is 11.5 Å². The molecule has 3 N–H and O–H groups in total. The summed E-state index contributed by atoms with van der Waals surface area (Å²) in [7, 11) is 0. The fourth-order valence-corrected chi connectivity index (χ4v) is 3.82. The normalized spacial score (nSPS) is 14.9. The molecule has 3 rings (SSSR count). The monoisotopic (exact) mass is 456 g/mol. The lowest BCUT2D eigenvalue weighted by Gasteiger charge is -2.12. The second-order valence-electron chi connectivity index (χ2n) is 7.00. The lowest BCUT2D eigenvalue weighted by molar-refractivity contribution is -0.123. The second-order valence-corrected chi connectivity index (χ2v) is 7.99. The predicted octanol–water partition coefficient (Wildman–Crippen LogP) is 3.14. The van der Waals surface area contributed by atoms with Crippen molar-refractivity contribution >= 4 is 34.9 Å². The Balaban J connectivity index is 1.41. The fraction of sp³-hybridized carbons (Fsp3) is 0.261. The zero-order valence-electron chi connectivity index (χ0n) is 17.5. The Hall–Kier alpha value is -3.30. The maximum Gasteiger partial charge on any atom is 0.293 e. The highest BCUT2D eigenvalue weighted by Crippen LogP contribution is 2.32. The van der Waals surface area contributed by atoms with Crippen molar-refractivity contribution in [3.63, 3.8) is 0 Å². The highest BCUT2D eigenvalue weighted by Gasteiger charge is 2.34. The largest absolute Gasteiger partial charge is 0.504 e. The van der Waals surface area contributed by atoms with Gasteiger partial charge >= 0.3 is 0 Å². The third-order valence-electron chi connectivity index (χ3n) is 4.79. The summed E-state index contributed by atoms with van der Waals surface area (Å²) in [5.41, 5.74) is 2.26. The molecule has 0 atom stereocenters. The van der Waals surface area contributed by atoms with E-state index in [1.165, 1.54) is 17.7 Å². The molecule has 0 aromatic heterocycles. The summed E-state index contributed by atoms with van der Waals surface area (Å²) in [6.45, 7) is 2.72. The third-order valence-corrected chi connectivity index (χ3v) is 5.70. The lowest BCUT2D eigenvalue weighted by atomic mass is 10.1. The molecule has 8 nitrogen and oxygen atoms in total. The molecule has 2 aromatic rings. The van der Waals surface area contributed by atoms with E-state index in [0.717, 1.165) is 34.7 Å². The molecule has 168 valence electrons. The van der Waals surface area contributed by atoms with Crippen molar-refractivity contribution in [2.45, 2.75) is 13.3 Å². The Bertz CT molecular complexity index is 1040. The number of thioether (sulfide) groups is 1. The van der Waals surface area contributed by atoms with Gasteiger partial charge in [0, 0.05) is 12.1 Å². The number of rotatable bonds is 9. The van der Waals surface area contributed by atoms with Gasteiger partial charge in [0.1, 0.15) is 0 Å².